The van der Waals surface area contributed by atoms with E-state index in [0.717, 1.165) is 18.8 Å². The van der Waals surface area contributed by atoms with Crippen molar-refractivity contribution < 1.29 is 0 Å². The first kappa shape index (κ1) is 14.3. The number of nitrogens with one attached hydrogen (secondary N) is 1. The van der Waals surface area contributed by atoms with Gasteiger partial charge in [0, 0.05) is 31.5 Å². The highest BCUT2D eigenvalue weighted by Crippen LogP contribution is 2.20. The van der Waals surface area contributed by atoms with Crippen molar-refractivity contribution in [1.82, 2.24) is 20.0 Å². The highest BCUT2D eigenvalue weighted by atomic mass is 15.3. The Kier molecular flexibility index (Phi) is 4.68. The van der Waals surface area contributed by atoms with Crippen molar-refractivity contribution in [3.63, 3.8) is 0 Å². The number of likely N-dealkylation sites (N-methyl/N-ethyl adjacent to an activating group) is 1. The van der Waals surface area contributed by atoms with Crippen LogP contribution in [0.2, 0.25) is 0 Å². The Hall–Kier alpha value is -1.65. The van der Waals surface area contributed by atoms with Gasteiger partial charge in [0.15, 0.2) is 0 Å². The molecule has 1 saturated heterocycles. The van der Waals surface area contributed by atoms with E-state index < -0.39 is 0 Å². The molecule has 0 amide bonds. The van der Waals surface area contributed by atoms with Crippen molar-refractivity contribution in [2.45, 2.75) is 31.8 Å². The molecule has 3 rings (SSSR count). The highest BCUT2D eigenvalue weighted by Gasteiger charge is 2.21. The number of likely N-dealkylation sites (tertiary alicyclic amines) is 1. The summed E-state index contributed by atoms with van der Waals surface area (Å²) >= 11 is 0. The molecule has 1 aliphatic heterocycles. The number of hydrogen-bond acceptors (Lipinski definition) is 3. The fraction of sp³-hybridized carbons (Fsp3) is 0.471. The minimum absolute atomic E-state index is 0.676. The van der Waals surface area contributed by atoms with Gasteiger partial charge in [0.1, 0.15) is 0 Å². The molecule has 2 heterocycles. The van der Waals surface area contributed by atoms with E-state index in [1.54, 1.807) is 0 Å². The van der Waals surface area contributed by atoms with E-state index in [0.29, 0.717) is 6.04 Å². The standard InChI is InChI=1S/C17H24N4/c1-18-13-17-5-2-3-11-20(17)14-15-6-8-16(9-7-15)21-12-4-10-19-21/h4,6-10,12,17-18H,2-3,5,11,13-14H2,1H3. The van der Waals surface area contributed by atoms with Crippen LogP contribution >= 0.6 is 0 Å². The van der Waals surface area contributed by atoms with E-state index in [1.165, 1.54) is 31.4 Å². The summed E-state index contributed by atoms with van der Waals surface area (Å²) in [6.07, 6.45) is 7.78. The van der Waals surface area contributed by atoms with E-state index in [-0.39, 0.29) is 0 Å². The summed E-state index contributed by atoms with van der Waals surface area (Å²) in [7, 11) is 2.05. The number of piperidine rings is 1. The summed E-state index contributed by atoms with van der Waals surface area (Å²) in [6.45, 7) is 3.35. The predicted molar refractivity (Wildman–Crippen MR) is 85.5 cm³/mol. The molecule has 1 fully saturated rings. The van der Waals surface area contributed by atoms with Crippen LogP contribution in [0, 0.1) is 0 Å². The molecule has 1 aromatic carbocycles. The summed E-state index contributed by atoms with van der Waals surface area (Å²) in [6, 6.07) is 11.4. The van der Waals surface area contributed by atoms with Crippen molar-refractivity contribution in [3.05, 3.63) is 48.3 Å². The van der Waals surface area contributed by atoms with Gasteiger partial charge in [-0.2, -0.15) is 5.10 Å². The molecule has 1 unspecified atom stereocenters. The van der Waals surface area contributed by atoms with Gasteiger partial charge in [0.05, 0.1) is 5.69 Å². The maximum atomic E-state index is 4.27. The summed E-state index contributed by atoms with van der Waals surface area (Å²) in [5.41, 5.74) is 2.50. The summed E-state index contributed by atoms with van der Waals surface area (Å²) in [4.78, 5) is 2.61. The minimum Gasteiger partial charge on any atom is -0.318 e. The molecule has 1 atom stereocenters. The summed E-state index contributed by atoms with van der Waals surface area (Å²) < 4.78 is 1.90. The molecule has 0 saturated carbocycles. The molecule has 1 aromatic heterocycles. The monoisotopic (exact) mass is 284 g/mol. The lowest BCUT2D eigenvalue weighted by Crippen LogP contribution is -2.44. The van der Waals surface area contributed by atoms with Gasteiger partial charge in [-0.15, -0.1) is 0 Å². The molecule has 1 N–H and O–H groups in total. The maximum Gasteiger partial charge on any atom is 0.0645 e. The Labute approximate surface area is 126 Å². The molecule has 0 radical (unpaired) electrons. The molecule has 4 nitrogen and oxygen atoms in total. The average molecular weight is 284 g/mol. The number of rotatable bonds is 5. The average Bonchev–Trinajstić information content (AvgIpc) is 3.05. The third-order valence-corrected chi connectivity index (χ3v) is 4.28. The van der Waals surface area contributed by atoms with Gasteiger partial charge < -0.3 is 5.32 Å². The zero-order valence-corrected chi connectivity index (χ0v) is 12.7. The first-order chi connectivity index (χ1) is 10.4. The first-order valence-corrected chi connectivity index (χ1v) is 7.84. The Balaban J connectivity index is 1.66. The summed E-state index contributed by atoms with van der Waals surface area (Å²) in [5.74, 6) is 0. The van der Waals surface area contributed by atoms with E-state index in [2.05, 4.69) is 39.6 Å². The van der Waals surface area contributed by atoms with Crippen LogP contribution in [-0.4, -0.2) is 40.9 Å². The van der Waals surface area contributed by atoms with Crippen LogP contribution in [-0.2, 0) is 6.54 Å². The van der Waals surface area contributed by atoms with Gasteiger partial charge in [-0.1, -0.05) is 18.6 Å². The topological polar surface area (TPSA) is 33.1 Å². The lowest BCUT2D eigenvalue weighted by molar-refractivity contribution is 0.139. The molecule has 0 spiro atoms. The Morgan fingerprint density at radius 3 is 2.81 bits per heavy atom. The highest BCUT2D eigenvalue weighted by molar-refractivity contribution is 5.33. The van der Waals surface area contributed by atoms with Crippen LogP contribution in [0.3, 0.4) is 0 Å². The van der Waals surface area contributed by atoms with E-state index >= 15 is 0 Å². The maximum absolute atomic E-state index is 4.27. The molecule has 21 heavy (non-hydrogen) atoms. The van der Waals surface area contributed by atoms with E-state index in [9.17, 15) is 0 Å². The van der Waals surface area contributed by atoms with Gasteiger partial charge in [-0.05, 0) is 50.2 Å². The number of nitrogens with zero attached hydrogens (tertiary/aromatic N) is 3. The normalized spacial score (nSPS) is 19.8. The third-order valence-electron chi connectivity index (χ3n) is 4.28. The molecule has 0 aliphatic carbocycles. The van der Waals surface area contributed by atoms with E-state index in [4.69, 9.17) is 0 Å². The van der Waals surface area contributed by atoms with Crippen LogP contribution in [0.1, 0.15) is 24.8 Å². The quantitative estimate of drug-likeness (QED) is 0.915. The SMILES string of the molecule is CNCC1CCCCN1Cc1ccc(-n2cccn2)cc1. The fourth-order valence-corrected chi connectivity index (χ4v) is 3.15. The Bertz CT molecular complexity index is 530. The molecular weight excluding hydrogens is 260 g/mol. The van der Waals surface area contributed by atoms with Crippen molar-refractivity contribution in [2.75, 3.05) is 20.1 Å². The van der Waals surface area contributed by atoms with Crippen LogP contribution in [0.4, 0.5) is 0 Å². The van der Waals surface area contributed by atoms with E-state index in [1.807, 2.05) is 30.2 Å². The lowest BCUT2D eigenvalue weighted by Gasteiger charge is -2.35. The third kappa shape index (κ3) is 3.52. The smallest absolute Gasteiger partial charge is 0.0645 e. The second-order valence-corrected chi connectivity index (χ2v) is 5.79. The van der Waals surface area contributed by atoms with Gasteiger partial charge in [-0.25, -0.2) is 4.68 Å². The fourth-order valence-electron chi connectivity index (χ4n) is 3.15. The summed E-state index contributed by atoms with van der Waals surface area (Å²) in [5, 5.41) is 7.59. The minimum atomic E-state index is 0.676. The Morgan fingerprint density at radius 2 is 2.10 bits per heavy atom. The van der Waals surface area contributed by atoms with Crippen LogP contribution in [0.5, 0.6) is 0 Å². The van der Waals surface area contributed by atoms with Gasteiger partial charge >= 0.3 is 0 Å². The van der Waals surface area contributed by atoms with Gasteiger partial charge in [0.2, 0.25) is 0 Å². The van der Waals surface area contributed by atoms with Crippen LogP contribution < -0.4 is 5.32 Å². The van der Waals surface area contributed by atoms with Gasteiger partial charge in [-0.3, -0.25) is 4.90 Å². The predicted octanol–water partition coefficient (Wildman–Crippen LogP) is 2.45. The lowest BCUT2D eigenvalue weighted by atomic mass is 10.0. The van der Waals surface area contributed by atoms with Crippen molar-refractivity contribution >= 4 is 0 Å². The van der Waals surface area contributed by atoms with Crippen molar-refractivity contribution in [2.24, 2.45) is 0 Å². The molecule has 112 valence electrons. The zero-order valence-electron chi connectivity index (χ0n) is 12.7. The Morgan fingerprint density at radius 1 is 1.24 bits per heavy atom. The largest absolute Gasteiger partial charge is 0.318 e. The second-order valence-electron chi connectivity index (χ2n) is 5.79. The molecule has 1 aliphatic rings. The zero-order chi connectivity index (χ0) is 14.5. The number of benzene rings is 1. The van der Waals surface area contributed by atoms with Gasteiger partial charge in [0.25, 0.3) is 0 Å². The molecule has 4 heteroatoms. The molecule has 2 aromatic rings. The van der Waals surface area contributed by atoms with Crippen LogP contribution in [0.15, 0.2) is 42.7 Å². The second kappa shape index (κ2) is 6.87. The van der Waals surface area contributed by atoms with Crippen LogP contribution in [0.25, 0.3) is 5.69 Å². The number of aromatic nitrogens is 2. The van der Waals surface area contributed by atoms with Crippen molar-refractivity contribution in [3.8, 4) is 5.69 Å². The van der Waals surface area contributed by atoms with Crippen molar-refractivity contribution in [1.29, 1.82) is 0 Å². The molecule has 0 bridgehead atoms. The first-order valence-electron chi connectivity index (χ1n) is 7.84. The molecular formula is C17H24N4. The number of hydrogen-bond donors (Lipinski definition) is 1.